The van der Waals surface area contributed by atoms with Crippen molar-refractivity contribution < 1.29 is 27.5 Å². The molecule has 0 saturated carbocycles. The number of tetrazole rings is 1. The van der Waals surface area contributed by atoms with Gasteiger partial charge < -0.3 is 4.74 Å². The zero-order valence-corrected chi connectivity index (χ0v) is 15.0. The lowest BCUT2D eigenvalue weighted by atomic mass is 10.1. The van der Waals surface area contributed by atoms with E-state index in [-0.39, 0.29) is 29.5 Å². The standard InChI is InChI=1S/C18H14F3N5O3/c1-10-8-12(4-7-14(10)19)16-23-25-26(24-16)9-15(27)22-17(28)11-2-5-13(6-3-11)29-18(20)21/h2-8,18H,9H2,1H3,(H,22,27,28). The van der Waals surface area contributed by atoms with E-state index in [1.165, 1.54) is 36.4 Å². The van der Waals surface area contributed by atoms with Crippen molar-refractivity contribution in [2.24, 2.45) is 0 Å². The van der Waals surface area contributed by atoms with Gasteiger partial charge in [-0.25, -0.2) is 4.39 Å². The van der Waals surface area contributed by atoms with Crippen LogP contribution in [0.4, 0.5) is 13.2 Å². The van der Waals surface area contributed by atoms with Gasteiger partial charge >= 0.3 is 6.61 Å². The number of nitrogens with one attached hydrogen (secondary N) is 1. The number of imide groups is 1. The van der Waals surface area contributed by atoms with Crippen molar-refractivity contribution in [2.45, 2.75) is 20.1 Å². The smallest absolute Gasteiger partial charge is 0.387 e. The fourth-order valence-electron chi connectivity index (χ4n) is 2.36. The molecule has 1 aromatic heterocycles. The number of nitrogens with zero attached hydrogens (tertiary/aromatic N) is 4. The third kappa shape index (κ3) is 5.15. The van der Waals surface area contributed by atoms with Crippen LogP contribution in [0.3, 0.4) is 0 Å². The number of amides is 2. The third-order valence-electron chi connectivity index (χ3n) is 3.75. The molecule has 3 aromatic rings. The summed E-state index contributed by atoms with van der Waals surface area (Å²) in [4.78, 5) is 25.1. The van der Waals surface area contributed by atoms with Gasteiger partial charge in [0.2, 0.25) is 11.7 Å². The molecule has 2 aromatic carbocycles. The minimum Gasteiger partial charge on any atom is -0.435 e. The summed E-state index contributed by atoms with van der Waals surface area (Å²) in [7, 11) is 0. The molecule has 11 heteroatoms. The molecule has 3 rings (SSSR count). The predicted molar refractivity (Wildman–Crippen MR) is 93.5 cm³/mol. The maximum absolute atomic E-state index is 13.3. The first-order valence-electron chi connectivity index (χ1n) is 8.25. The highest BCUT2D eigenvalue weighted by Gasteiger charge is 2.14. The first-order valence-corrected chi connectivity index (χ1v) is 8.25. The molecule has 0 fully saturated rings. The summed E-state index contributed by atoms with van der Waals surface area (Å²) in [5.74, 6) is -1.72. The van der Waals surface area contributed by atoms with Crippen LogP contribution in [0.2, 0.25) is 0 Å². The first kappa shape index (κ1) is 20.0. The van der Waals surface area contributed by atoms with Crippen LogP contribution in [0, 0.1) is 12.7 Å². The van der Waals surface area contributed by atoms with E-state index in [0.717, 1.165) is 4.80 Å². The number of carbonyl (C=O) groups excluding carboxylic acids is 2. The fourth-order valence-corrected chi connectivity index (χ4v) is 2.36. The van der Waals surface area contributed by atoms with Gasteiger partial charge in [-0.15, -0.1) is 10.2 Å². The van der Waals surface area contributed by atoms with Crippen LogP contribution in [0.5, 0.6) is 5.75 Å². The van der Waals surface area contributed by atoms with E-state index >= 15 is 0 Å². The minimum atomic E-state index is -2.98. The summed E-state index contributed by atoms with van der Waals surface area (Å²) in [6.07, 6.45) is 0. The summed E-state index contributed by atoms with van der Waals surface area (Å²) < 4.78 is 41.8. The van der Waals surface area contributed by atoms with Crippen molar-refractivity contribution >= 4 is 11.8 Å². The average molecular weight is 405 g/mol. The second kappa shape index (κ2) is 8.50. The summed E-state index contributed by atoms with van der Waals surface area (Å²) in [5.41, 5.74) is 1.01. The van der Waals surface area contributed by atoms with Gasteiger partial charge in [-0.3, -0.25) is 14.9 Å². The molecule has 0 radical (unpaired) electrons. The topological polar surface area (TPSA) is 99.0 Å². The molecular formula is C18H14F3N5O3. The summed E-state index contributed by atoms with van der Waals surface area (Å²) in [5, 5.41) is 13.7. The van der Waals surface area contributed by atoms with Crippen LogP contribution < -0.4 is 10.1 Å². The molecule has 0 spiro atoms. The fraction of sp³-hybridized carbons (Fsp3) is 0.167. The number of rotatable bonds is 6. The number of alkyl halides is 2. The molecule has 0 aliphatic heterocycles. The highest BCUT2D eigenvalue weighted by atomic mass is 19.3. The second-order valence-corrected chi connectivity index (χ2v) is 5.89. The Morgan fingerprint density at radius 1 is 1.17 bits per heavy atom. The number of benzene rings is 2. The zero-order valence-electron chi connectivity index (χ0n) is 15.0. The molecular weight excluding hydrogens is 391 g/mol. The van der Waals surface area contributed by atoms with Gasteiger partial charge in [0.05, 0.1) is 0 Å². The number of hydrogen-bond acceptors (Lipinski definition) is 6. The van der Waals surface area contributed by atoms with Crippen molar-refractivity contribution in [3.63, 3.8) is 0 Å². The maximum Gasteiger partial charge on any atom is 0.387 e. The van der Waals surface area contributed by atoms with Crippen LogP contribution in [-0.2, 0) is 11.3 Å². The highest BCUT2D eigenvalue weighted by Crippen LogP contribution is 2.17. The molecule has 150 valence electrons. The molecule has 0 saturated heterocycles. The molecule has 0 atom stereocenters. The highest BCUT2D eigenvalue weighted by molar-refractivity contribution is 6.04. The molecule has 0 unspecified atom stereocenters. The Kier molecular flexibility index (Phi) is 5.86. The van der Waals surface area contributed by atoms with Gasteiger partial charge in [-0.2, -0.15) is 13.6 Å². The van der Waals surface area contributed by atoms with Gasteiger partial charge in [0, 0.05) is 11.1 Å². The number of aromatic nitrogens is 4. The number of aryl methyl sites for hydroxylation is 1. The van der Waals surface area contributed by atoms with Gasteiger partial charge in [0.15, 0.2) is 0 Å². The van der Waals surface area contributed by atoms with Gasteiger partial charge in [-0.1, -0.05) is 0 Å². The SMILES string of the molecule is Cc1cc(-c2nnn(CC(=O)NC(=O)c3ccc(OC(F)F)cc3)n2)ccc1F. The quantitative estimate of drug-likeness (QED) is 0.676. The molecule has 0 aliphatic carbocycles. The Labute approximate surface area is 162 Å². The Balaban J connectivity index is 1.60. The number of ether oxygens (including phenoxy) is 1. The van der Waals surface area contributed by atoms with Crippen molar-refractivity contribution in [3.8, 4) is 17.1 Å². The molecule has 0 aliphatic rings. The Morgan fingerprint density at radius 2 is 1.90 bits per heavy atom. The Morgan fingerprint density at radius 3 is 2.55 bits per heavy atom. The molecule has 1 N–H and O–H groups in total. The lowest BCUT2D eigenvalue weighted by Crippen LogP contribution is -2.33. The van der Waals surface area contributed by atoms with Crippen LogP contribution in [0.15, 0.2) is 42.5 Å². The largest absolute Gasteiger partial charge is 0.435 e. The summed E-state index contributed by atoms with van der Waals surface area (Å²) in [6.45, 7) is -1.77. The van der Waals surface area contributed by atoms with Crippen LogP contribution in [0.25, 0.3) is 11.4 Å². The lowest BCUT2D eigenvalue weighted by Gasteiger charge is -2.06. The van der Waals surface area contributed by atoms with Crippen LogP contribution in [0.1, 0.15) is 15.9 Å². The van der Waals surface area contributed by atoms with Crippen molar-refractivity contribution in [3.05, 3.63) is 59.4 Å². The second-order valence-electron chi connectivity index (χ2n) is 5.89. The monoisotopic (exact) mass is 405 g/mol. The van der Waals surface area contributed by atoms with E-state index in [4.69, 9.17) is 0 Å². The molecule has 2 amide bonds. The Hall–Kier alpha value is -3.76. The van der Waals surface area contributed by atoms with E-state index in [1.807, 2.05) is 0 Å². The Bertz CT molecular complexity index is 1040. The number of halogens is 3. The van der Waals surface area contributed by atoms with Crippen LogP contribution in [-0.4, -0.2) is 38.6 Å². The molecule has 1 heterocycles. The number of hydrogen-bond donors (Lipinski definition) is 1. The zero-order chi connectivity index (χ0) is 21.0. The average Bonchev–Trinajstić information content (AvgIpc) is 3.12. The lowest BCUT2D eigenvalue weighted by molar-refractivity contribution is -0.121. The molecule has 0 bridgehead atoms. The normalized spacial score (nSPS) is 10.8. The summed E-state index contributed by atoms with van der Waals surface area (Å²) >= 11 is 0. The minimum absolute atomic E-state index is 0.0778. The summed E-state index contributed by atoms with van der Waals surface area (Å²) in [6, 6.07) is 9.14. The van der Waals surface area contributed by atoms with E-state index in [9.17, 15) is 22.8 Å². The van der Waals surface area contributed by atoms with Gasteiger partial charge in [0.25, 0.3) is 5.91 Å². The third-order valence-corrected chi connectivity index (χ3v) is 3.75. The van der Waals surface area contributed by atoms with E-state index in [2.05, 4.69) is 25.5 Å². The van der Waals surface area contributed by atoms with E-state index in [0.29, 0.717) is 11.1 Å². The van der Waals surface area contributed by atoms with Gasteiger partial charge in [0.1, 0.15) is 18.1 Å². The van der Waals surface area contributed by atoms with Crippen molar-refractivity contribution in [2.75, 3.05) is 0 Å². The number of carbonyl (C=O) groups is 2. The van der Waals surface area contributed by atoms with E-state index in [1.54, 1.807) is 13.0 Å². The van der Waals surface area contributed by atoms with Crippen molar-refractivity contribution in [1.82, 2.24) is 25.5 Å². The van der Waals surface area contributed by atoms with E-state index < -0.39 is 18.4 Å². The first-order chi connectivity index (χ1) is 13.8. The predicted octanol–water partition coefficient (Wildman–Crippen LogP) is 2.35. The van der Waals surface area contributed by atoms with Crippen molar-refractivity contribution in [1.29, 1.82) is 0 Å². The van der Waals surface area contributed by atoms with Gasteiger partial charge in [-0.05, 0) is 60.2 Å². The molecule has 29 heavy (non-hydrogen) atoms. The maximum atomic E-state index is 13.3. The molecule has 8 nitrogen and oxygen atoms in total. The van der Waals surface area contributed by atoms with Crippen LogP contribution >= 0.6 is 0 Å².